The summed E-state index contributed by atoms with van der Waals surface area (Å²) in [4.78, 5) is 18.6. The van der Waals surface area contributed by atoms with E-state index in [1.807, 2.05) is 49.2 Å². The Morgan fingerprint density at radius 1 is 1.19 bits per heavy atom. The van der Waals surface area contributed by atoms with Crippen LogP contribution in [0.2, 0.25) is 0 Å². The number of aliphatic hydroxyl groups is 1. The molecule has 2 aromatic carbocycles. The fraction of sp³-hybridized carbons (Fsp3) is 0.393. The molecule has 3 N–H and O–H groups in total. The van der Waals surface area contributed by atoms with E-state index < -0.39 is 15.9 Å². The molecular weight excluding hydrogens is 490 g/mol. The maximum Gasteiger partial charge on any atom is 0.255 e. The lowest BCUT2D eigenvalue weighted by atomic mass is 10.0. The number of hydrogen-bond donors (Lipinski definition) is 3. The van der Waals surface area contributed by atoms with E-state index in [1.54, 1.807) is 18.2 Å². The fourth-order valence-corrected chi connectivity index (χ4v) is 5.57. The van der Waals surface area contributed by atoms with Gasteiger partial charge in [-0.1, -0.05) is 30.0 Å². The van der Waals surface area contributed by atoms with Gasteiger partial charge in [-0.25, -0.2) is 8.42 Å². The van der Waals surface area contributed by atoms with Crippen LogP contribution in [0.25, 0.3) is 10.9 Å². The van der Waals surface area contributed by atoms with Crippen LogP contribution in [0.3, 0.4) is 0 Å². The van der Waals surface area contributed by atoms with Gasteiger partial charge >= 0.3 is 0 Å². The standard InChI is InChI=1S/C28H33N3O5S/c1-20(2)36-27-10-9-21(6-5-11-31-12-14-37(34,35)15-13-31)16-25(27)28(33)30-23(19-32)17-22-18-29-26-8-4-3-7-24(22)26/h3-4,7-10,16,18,20,23,29,32H,11-15,17,19H2,1-2H3,(H,30,33)/t23-/m1/s1. The lowest BCUT2D eigenvalue weighted by molar-refractivity contribution is 0.0910. The summed E-state index contributed by atoms with van der Waals surface area (Å²) in [7, 11) is -2.93. The van der Waals surface area contributed by atoms with Crippen molar-refractivity contribution in [2.24, 2.45) is 0 Å². The van der Waals surface area contributed by atoms with Gasteiger partial charge in [-0.3, -0.25) is 9.69 Å². The van der Waals surface area contributed by atoms with Crippen LogP contribution in [-0.2, 0) is 16.3 Å². The number of sulfone groups is 1. The molecule has 37 heavy (non-hydrogen) atoms. The minimum atomic E-state index is -2.93. The number of amides is 1. The maximum absolute atomic E-state index is 13.3. The summed E-state index contributed by atoms with van der Waals surface area (Å²) in [5.41, 5.74) is 3.02. The third kappa shape index (κ3) is 7.13. The number of aliphatic hydroxyl groups excluding tert-OH is 1. The Labute approximate surface area is 217 Å². The van der Waals surface area contributed by atoms with Crippen molar-refractivity contribution in [3.63, 3.8) is 0 Å². The zero-order valence-electron chi connectivity index (χ0n) is 21.2. The molecular formula is C28H33N3O5S. The molecule has 1 aliphatic rings. The first-order valence-electron chi connectivity index (χ1n) is 12.4. The maximum atomic E-state index is 13.3. The van der Waals surface area contributed by atoms with Crippen LogP contribution in [0.1, 0.15) is 35.3 Å². The molecule has 1 aliphatic heterocycles. The Morgan fingerprint density at radius 3 is 2.68 bits per heavy atom. The summed E-state index contributed by atoms with van der Waals surface area (Å²) in [6.45, 7) is 4.98. The molecule has 1 fully saturated rings. The molecule has 0 spiro atoms. The topological polar surface area (TPSA) is 112 Å². The van der Waals surface area contributed by atoms with Gasteiger partial charge < -0.3 is 20.1 Å². The Hall–Kier alpha value is -3.32. The molecule has 0 saturated carbocycles. The Balaban J connectivity index is 1.48. The average Bonchev–Trinajstić information content (AvgIpc) is 3.27. The van der Waals surface area contributed by atoms with E-state index in [4.69, 9.17) is 4.74 Å². The number of ether oxygens (including phenoxy) is 1. The summed E-state index contributed by atoms with van der Waals surface area (Å²) in [6.07, 6.45) is 2.25. The van der Waals surface area contributed by atoms with E-state index in [-0.39, 0.29) is 30.1 Å². The summed E-state index contributed by atoms with van der Waals surface area (Å²) in [5, 5.41) is 14.0. The predicted octanol–water partition coefficient (Wildman–Crippen LogP) is 2.37. The number of carbonyl (C=O) groups excluding carboxylic acids is 1. The van der Waals surface area contributed by atoms with Gasteiger partial charge in [-0.2, -0.15) is 0 Å². The molecule has 1 amide bonds. The smallest absolute Gasteiger partial charge is 0.255 e. The van der Waals surface area contributed by atoms with Crippen LogP contribution in [0.4, 0.5) is 0 Å². The number of para-hydroxylation sites is 1. The lowest BCUT2D eigenvalue weighted by Gasteiger charge is -2.24. The first kappa shape index (κ1) is 26.7. The van der Waals surface area contributed by atoms with E-state index in [0.717, 1.165) is 16.5 Å². The highest BCUT2D eigenvalue weighted by atomic mass is 32.2. The molecule has 8 nitrogen and oxygen atoms in total. The van der Waals surface area contributed by atoms with Crippen LogP contribution in [0, 0.1) is 11.8 Å². The van der Waals surface area contributed by atoms with E-state index in [1.165, 1.54) is 0 Å². The normalized spacial score (nSPS) is 16.2. The van der Waals surface area contributed by atoms with Crippen molar-refractivity contribution in [3.8, 4) is 17.6 Å². The summed E-state index contributed by atoms with van der Waals surface area (Å²) >= 11 is 0. The molecule has 4 rings (SSSR count). The van der Waals surface area contributed by atoms with Crippen molar-refractivity contribution in [2.45, 2.75) is 32.4 Å². The third-order valence-corrected chi connectivity index (χ3v) is 7.87. The summed E-state index contributed by atoms with van der Waals surface area (Å²) < 4.78 is 29.1. The highest BCUT2D eigenvalue weighted by molar-refractivity contribution is 7.91. The molecule has 3 aromatic rings. The van der Waals surface area contributed by atoms with Crippen molar-refractivity contribution in [3.05, 3.63) is 65.4 Å². The van der Waals surface area contributed by atoms with Gasteiger partial charge in [0.2, 0.25) is 0 Å². The number of rotatable bonds is 8. The van der Waals surface area contributed by atoms with Crippen LogP contribution in [0.15, 0.2) is 48.7 Å². The van der Waals surface area contributed by atoms with Gasteiger partial charge in [0.25, 0.3) is 5.91 Å². The average molecular weight is 524 g/mol. The molecule has 0 radical (unpaired) electrons. The van der Waals surface area contributed by atoms with Gasteiger partial charge in [0.05, 0.1) is 42.4 Å². The van der Waals surface area contributed by atoms with Crippen molar-refractivity contribution in [2.75, 3.05) is 37.7 Å². The van der Waals surface area contributed by atoms with Crippen LogP contribution in [0.5, 0.6) is 5.75 Å². The van der Waals surface area contributed by atoms with E-state index in [0.29, 0.717) is 42.9 Å². The number of fused-ring (bicyclic) bond motifs is 1. The molecule has 1 atom stereocenters. The second kappa shape index (κ2) is 11.8. The number of aromatic amines is 1. The molecule has 0 unspecified atom stereocenters. The van der Waals surface area contributed by atoms with E-state index in [2.05, 4.69) is 22.1 Å². The van der Waals surface area contributed by atoms with Gasteiger partial charge in [-0.15, -0.1) is 0 Å². The molecule has 196 valence electrons. The SMILES string of the molecule is CC(C)Oc1ccc(C#CCN2CCS(=O)(=O)CC2)cc1C(=O)N[C@@H](CO)Cc1c[nH]c2ccccc12. The zero-order chi connectivity index (χ0) is 26.4. The highest BCUT2D eigenvalue weighted by Gasteiger charge is 2.21. The predicted molar refractivity (Wildman–Crippen MR) is 145 cm³/mol. The molecule has 0 aliphatic carbocycles. The lowest BCUT2D eigenvalue weighted by Crippen LogP contribution is -2.40. The Bertz CT molecular complexity index is 1400. The fourth-order valence-electron chi connectivity index (χ4n) is 4.29. The van der Waals surface area contributed by atoms with Crippen molar-refractivity contribution in [1.29, 1.82) is 0 Å². The van der Waals surface area contributed by atoms with E-state index in [9.17, 15) is 18.3 Å². The first-order chi connectivity index (χ1) is 17.7. The van der Waals surface area contributed by atoms with Gasteiger partial charge in [-0.05, 0) is 50.1 Å². The van der Waals surface area contributed by atoms with Crippen molar-refractivity contribution >= 4 is 26.6 Å². The summed E-state index contributed by atoms with van der Waals surface area (Å²) in [6, 6.07) is 12.7. The van der Waals surface area contributed by atoms with Crippen molar-refractivity contribution in [1.82, 2.24) is 15.2 Å². The zero-order valence-corrected chi connectivity index (χ0v) is 22.0. The van der Waals surface area contributed by atoms with Gasteiger partial charge in [0.1, 0.15) is 5.75 Å². The Kier molecular flexibility index (Phi) is 8.54. The first-order valence-corrected chi connectivity index (χ1v) is 14.3. The minimum Gasteiger partial charge on any atom is -0.490 e. The minimum absolute atomic E-state index is 0.126. The van der Waals surface area contributed by atoms with Crippen LogP contribution < -0.4 is 10.1 Å². The van der Waals surface area contributed by atoms with Crippen LogP contribution >= 0.6 is 0 Å². The number of aromatic nitrogens is 1. The second-order valence-corrected chi connectivity index (χ2v) is 11.8. The molecule has 1 saturated heterocycles. The number of hydrogen-bond acceptors (Lipinski definition) is 6. The Morgan fingerprint density at radius 2 is 1.95 bits per heavy atom. The number of nitrogens with one attached hydrogen (secondary N) is 2. The number of benzene rings is 2. The van der Waals surface area contributed by atoms with E-state index >= 15 is 0 Å². The third-order valence-electron chi connectivity index (χ3n) is 6.26. The van der Waals surface area contributed by atoms with Gasteiger partial charge in [0.15, 0.2) is 9.84 Å². The second-order valence-electron chi connectivity index (χ2n) is 9.52. The number of nitrogens with zero attached hydrogens (tertiary/aromatic N) is 1. The van der Waals surface area contributed by atoms with Gasteiger partial charge in [0, 0.05) is 35.8 Å². The summed E-state index contributed by atoms with van der Waals surface area (Å²) in [5.74, 6) is 6.59. The largest absolute Gasteiger partial charge is 0.490 e. The molecule has 9 heteroatoms. The van der Waals surface area contributed by atoms with Crippen molar-refractivity contribution < 1.29 is 23.1 Å². The molecule has 2 heterocycles. The monoisotopic (exact) mass is 523 g/mol. The highest BCUT2D eigenvalue weighted by Crippen LogP contribution is 2.23. The number of carbonyl (C=O) groups is 1. The quantitative estimate of drug-likeness (QED) is 0.391. The number of H-pyrrole nitrogens is 1. The molecule has 1 aromatic heterocycles. The molecule has 0 bridgehead atoms. The van der Waals surface area contributed by atoms with Crippen LogP contribution in [-0.4, -0.2) is 79.2 Å².